The number of epoxide rings is 1. The van der Waals surface area contributed by atoms with Crippen LogP contribution < -0.4 is 0 Å². The highest BCUT2D eigenvalue weighted by atomic mass is 32.1. The quantitative estimate of drug-likeness (QED) is 0.388. The van der Waals surface area contributed by atoms with E-state index in [0.717, 1.165) is 0 Å². The Bertz CT molecular complexity index is 168. The van der Waals surface area contributed by atoms with Crippen molar-refractivity contribution in [3.05, 3.63) is 12.3 Å². The fraction of sp³-hybridized carbons (Fsp3) is 0.600. The minimum atomic E-state index is -0.448. The zero-order chi connectivity index (χ0) is 5.83. The van der Waals surface area contributed by atoms with E-state index in [0.29, 0.717) is 0 Å². The number of hydrogen-bond donors (Lipinski definition) is 1. The Labute approximate surface area is 52.9 Å². The molecule has 0 saturated carbocycles. The molecule has 2 aliphatic heterocycles. The third-order valence-corrected chi connectivity index (χ3v) is 2.19. The summed E-state index contributed by atoms with van der Waals surface area (Å²) >= 11 is 4.17. The molecule has 1 fully saturated rings. The van der Waals surface area contributed by atoms with Crippen molar-refractivity contribution in [3.8, 4) is 0 Å². The van der Waals surface area contributed by atoms with Crippen LogP contribution in [0.1, 0.15) is 6.92 Å². The second-order valence-electron chi connectivity index (χ2n) is 2.16. The molecular weight excluding hydrogens is 124 g/mol. The minimum absolute atomic E-state index is 0.410. The SMILES string of the molecule is CC12OC=CC1(S)O2. The van der Waals surface area contributed by atoms with Gasteiger partial charge in [0.05, 0.1) is 6.26 Å². The zero-order valence-electron chi connectivity index (χ0n) is 4.42. The van der Waals surface area contributed by atoms with Gasteiger partial charge in [0.1, 0.15) is 0 Å². The lowest BCUT2D eigenvalue weighted by molar-refractivity contribution is 0.0372. The minimum Gasteiger partial charge on any atom is -0.466 e. The van der Waals surface area contributed by atoms with E-state index in [1.807, 2.05) is 6.92 Å². The van der Waals surface area contributed by atoms with Crippen molar-refractivity contribution in [1.82, 2.24) is 0 Å². The van der Waals surface area contributed by atoms with Crippen molar-refractivity contribution in [2.24, 2.45) is 0 Å². The molecule has 0 aromatic rings. The van der Waals surface area contributed by atoms with E-state index in [2.05, 4.69) is 12.6 Å². The van der Waals surface area contributed by atoms with Crippen LogP contribution in [0.25, 0.3) is 0 Å². The number of ether oxygens (including phenoxy) is 2. The van der Waals surface area contributed by atoms with Crippen molar-refractivity contribution in [2.45, 2.75) is 17.6 Å². The first-order valence-electron chi connectivity index (χ1n) is 2.44. The van der Waals surface area contributed by atoms with Crippen LogP contribution in [0.4, 0.5) is 0 Å². The molecule has 0 aliphatic carbocycles. The molecule has 2 nitrogen and oxygen atoms in total. The first-order valence-corrected chi connectivity index (χ1v) is 2.89. The average molecular weight is 130 g/mol. The molecule has 0 amide bonds. The van der Waals surface area contributed by atoms with Crippen LogP contribution in [-0.4, -0.2) is 10.7 Å². The van der Waals surface area contributed by atoms with Gasteiger partial charge in [0.15, 0.2) is 0 Å². The van der Waals surface area contributed by atoms with Crippen LogP contribution in [0.5, 0.6) is 0 Å². The van der Waals surface area contributed by atoms with E-state index in [4.69, 9.17) is 9.47 Å². The summed E-state index contributed by atoms with van der Waals surface area (Å²) in [5, 5.41) is 0. The fourth-order valence-corrected chi connectivity index (χ4v) is 1.11. The first-order chi connectivity index (χ1) is 3.66. The molecule has 2 aliphatic rings. The van der Waals surface area contributed by atoms with Crippen LogP contribution in [-0.2, 0) is 9.47 Å². The lowest BCUT2D eigenvalue weighted by atomic mass is 10.3. The lowest BCUT2D eigenvalue weighted by Gasteiger charge is -1.98. The second kappa shape index (κ2) is 0.933. The molecule has 8 heavy (non-hydrogen) atoms. The molecular formula is C5H6O2S. The highest BCUT2D eigenvalue weighted by Gasteiger charge is 2.69. The van der Waals surface area contributed by atoms with Gasteiger partial charge < -0.3 is 9.47 Å². The Kier molecular flexibility index (Phi) is 0.549. The molecule has 0 bridgehead atoms. The lowest BCUT2D eigenvalue weighted by Crippen LogP contribution is -2.10. The van der Waals surface area contributed by atoms with Gasteiger partial charge in [-0.15, -0.1) is 12.6 Å². The summed E-state index contributed by atoms with van der Waals surface area (Å²) in [6.07, 6.45) is 3.42. The monoisotopic (exact) mass is 130 g/mol. The Hall–Kier alpha value is -0.150. The van der Waals surface area contributed by atoms with Gasteiger partial charge in [-0.05, 0) is 6.08 Å². The Balaban J connectivity index is 2.36. The Morgan fingerprint density at radius 3 is 2.50 bits per heavy atom. The van der Waals surface area contributed by atoms with E-state index >= 15 is 0 Å². The number of thiol groups is 1. The molecule has 0 aromatic carbocycles. The van der Waals surface area contributed by atoms with Crippen molar-refractivity contribution < 1.29 is 9.47 Å². The van der Waals surface area contributed by atoms with E-state index in [-0.39, 0.29) is 0 Å². The van der Waals surface area contributed by atoms with Crippen LogP contribution in [0, 0.1) is 0 Å². The van der Waals surface area contributed by atoms with Gasteiger partial charge in [-0.2, -0.15) is 0 Å². The van der Waals surface area contributed by atoms with Crippen molar-refractivity contribution in [2.75, 3.05) is 0 Å². The number of fused-ring (bicyclic) bond motifs is 1. The molecule has 1 saturated heterocycles. The summed E-state index contributed by atoms with van der Waals surface area (Å²) in [7, 11) is 0. The highest BCUT2D eigenvalue weighted by Crippen LogP contribution is 2.56. The average Bonchev–Trinajstić information content (AvgIpc) is 2.00. The van der Waals surface area contributed by atoms with Crippen LogP contribution in [0.15, 0.2) is 12.3 Å². The molecule has 2 unspecified atom stereocenters. The first kappa shape index (κ1) is 4.70. The molecule has 0 spiro atoms. The van der Waals surface area contributed by atoms with Gasteiger partial charge in [0, 0.05) is 6.92 Å². The van der Waals surface area contributed by atoms with Crippen molar-refractivity contribution >= 4 is 12.6 Å². The summed E-state index contributed by atoms with van der Waals surface area (Å²) in [6, 6.07) is 0. The van der Waals surface area contributed by atoms with E-state index in [1.165, 1.54) is 0 Å². The number of hydrogen-bond acceptors (Lipinski definition) is 3. The highest BCUT2D eigenvalue weighted by molar-refractivity contribution is 7.82. The second-order valence-corrected chi connectivity index (χ2v) is 2.83. The topological polar surface area (TPSA) is 21.8 Å². The largest absolute Gasteiger partial charge is 0.466 e. The molecule has 2 rings (SSSR count). The summed E-state index contributed by atoms with van der Waals surface area (Å²) in [5.74, 6) is -0.448. The summed E-state index contributed by atoms with van der Waals surface area (Å²) < 4.78 is 10.1. The third-order valence-electron chi connectivity index (χ3n) is 1.55. The van der Waals surface area contributed by atoms with E-state index in [1.54, 1.807) is 12.3 Å². The maximum absolute atomic E-state index is 5.08. The van der Waals surface area contributed by atoms with Gasteiger partial charge in [-0.25, -0.2) is 0 Å². The van der Waals surface area contributed by atoms with Crippen LogP contribution in [0.3, 0.4) is 0 Å². The van der Waals surface area contributed by atoms with E-state index in [9.17, 15) is 0 Å². The molecule has 0 radical (unpaired) electrons. The molecule has 2 atom stereocenters. The van der Waals surface area contributed by atoms with Gasteiger partial charge in [0.25, 0.3) is 5.79 Å². The molecule has 3 heteroatoms. The zero-order valence-corrected chi connectivity index (χ0v) is 5.31. The molecule has 44 valence electrons. The predicted octanol–water partition coefficient (Wildman–Crippen LogP) is 0.903. The normalized spacial score (nSPS) is 57.8. The predicted molar refractivity (Wildman–Crippen MR) is 31.4 cm³/mol. The van der Waals surface area contributed by atoms with Crippen LogP contribution >= 0.6 is 12.6 Å². The van der Waals surface area contributed by atoms with Gasteiger partial charge in [-0.1, -0.05) is 0 Å². The molecule has 0 N–H and O–H groups in total. The summed E-state index contributed by atoms with van der Waals surface area (Å²) in [4.78, 5) is -0.410. The Morgan fingerprint density at radius 1 is 1.62 bits per heavy atom. The number of rotatable bonds is 0. The van der Waals surface area contributed by atoms with Gasteiger partial charge in [-0.3, -0.25) is 0 Å². The van der Waals surface area contributed by atoms with Crippen molar-refractivity contribution in [3.63, 3.8) is 0 Å². The Morgan fingerprint density at radius 2 is 2.38 bits per heavy atom. The summed E-state index contributed by atoms with van der Waals surface area (Å²) in [6.45, 7) is 1.86. The van der Waals surface area contributed by atoms with Gasteiger partial charge in [0.2, 0.25) is 4.93 Å². The van der Waals surface area contributed by atoms with Crippen LogP contribution in [0.2, 0.25) is 0 Å². The maximum atomic E-state index is 5.08. The smallest absolute Gasteiger partial charge is 0.251 e. The van der Waals surface area contributed by atoms with Crippen molar-refractivity contribution in [1.29, 1.82) is 0 Å². The maximum Gasteiger partial charge on any atom is 0.251 e. The van der Waals surface area contributed by atoms with E-state index < -0.39 is 10.7 Å². The van der Waals surface area contributed by atoms with Gasteiger partial charge >= 0.3 is 0 Å². The molecule has 2 heterocycles. The third kappa shape index (κ3) is 0.317. The molecule has 0 aromatic heterocycles. The fourth-order valence-electron chi connectivity index (χ4n) is 0.821. The summed E-state index contributed by atoms with van der Waals surface area (Å²) in [5.41, 5.74) is 0. The standard InChI is InChI=1S/C5H6O2S/c1-4-5(8,7-4)2-3-6-4/h2-3,8H,1H3.